The van der Waals surface area contributed by atoms with Crippen molar-refractivity contribution < 1.29 is 0 Å². The zero-order valence-corrected chi connectivity index (χ0v) is 10.8. The Hall–Kier alpha value is -1.61. The molecule has 1 fully saturated rings. The van der Waals surface area contributed by atoms with E-state index in [1.54, 1.807) is 0 Å². The van der Waals surface area contributed by atoms with E-state index in [1.165, 1.54) is 23.4 Å². The monoisotopic (exact) mass is 241 g/mol. The van der Waals surface area contributed by atoms with Crippen molar-refractivity contribution in [1.82, 2.24) is 15.1 Å². The maximum absolute atomic E-state index is 4.59. The Morgan fingerprint density at radius 3 is 2.83 bits per heavy atom. The second-order valence-electron chi connectivity index (χ2n) is 4.85. The minimum absolute atomic E-state index is 0.600. The molecular weight excluding hydrogens is 222 g/mol. The summed E-state index contributed by atoms with van der Waals surface area (Å²) in [7, 11) is 0. The Morgan fingerprint density at radius 2 is 2.17 bits per heavy atom. The molecule has 0 spiro atoms. The van der Waals surface area contributed by atoms with E-state index in [2.05, 4.69) is 46.3 Å². The van der Waals surface area contributed by atoms with Gasteiger partial charge < -0.3 is 5.32 Å². The second kappa shape index (κ2) is 4.94. The first kappa shape index (κ1) is 11.5. The van der Waals surface area contributed by atoms with Crippen LogP contribution in [0.3, 0.4) is 0 Å². The lowest BCUT2D eigenvalue weighted by molar-refractivity contribution is 0.676. The van der Waals surface area contributed by atoms with Crippen LogP contribution < -0.4 is 5.32 Å². The van der Waals surface area contributed by atoms with Crippen molar-refractivity contribution in [3.05, 3.63) is 47.8 Å². The maximum Gasteiger partial charge on any atom is 0.0649 e. The average molecular weight is 241 g/mol. The molecule has 1 N–H and O–H groups in total. The molecule has 0 amide bonds. The van der Waals surface area contributed by atoms with Gasteiger partial charge in [0.25, 0.3) is 0 Å². The number of rotatable bonds is 3. The molecule has 1 aromatic heterocycles. The van der Waals surface area contributed by atoms with Gasteiger partial charge in [-0.25, -0.2) is 4.68 Å². The van der Waals surface area contributed by atoms with Crippen LogP contribution in [0.5, 0.6) is 0 Å². The SMILES string of the molecule is CCc1cnn(-c2ccccc2)c1C1CCNC1. The summed E-state index contributed by atoms with van der Waals surface area (Å²) in [6.07, 6.45) is 4.30. The van der Waals surface area contributed by atoms with Crippen molar-refractivity contribution in [2.75, 3.05) is 13.1 Å². The lowest BCUT2D eigenvalue weighted by Crippen LogP contribution is -2.13. The van der Waals surface area contributed by atoms with E-state index < -0.39 is 0 Å². The summed E-state index contributed by atoms with van der Waals surface area (Å²) < 4.78 is 2.12. The molecule has 0 aliphatic carbocycles. The molecule has 1 atom stereocenters. The van der Waals surface area contributed by atoms with Gasteiger partial charge in [-0.05, 0) is 37.1 Å². The maximum atomic E-state index is 4.59. The molecular formula is C15H19N3. The summed E-state index contributed by atoms with van der Waals surface area (Å²) in [4.78, 5) is 0. The normalized spacial score (nSPS) is 19.3. The van der Waals surface area contributed by atoms with Crippen LogP contribution in [0.1, 0.15) is 30.5 Å². The number of nitrogens with zero attached hydrogens (tertiary/aromatic N) is 2. The van der Waals surface area contributed by atoms with Gasteiger partial charge in [-0.15, -0.1) is 0 Å². The Labute approximate surface area is 108 Å². The topological polar surface area (TPSA) is 29.9 Å². The van der Waals surface area contributed by atoms with Crippen LogP contribution in [-0.4, -0.2) is 22.9 Å². The number of aromatic nitrogens is 2. The smallest absolute Gasteiger partial charge is 0.0649 e. The van der Waals surface area contributed by atoms with E-state index in [0.29, 0.717) is 5.92 Å². The lowest BCUT2D eigenvalue weighted by Gasteiger charge is -2.14. The molecule has 94 valence electrons. The van der Waals surface area contributed by atoms with Crippen LogP contribution in [0.15, 0.2) is 36.5 Å². The summed E-state index contributed by atoms with van der Waals surface area (Å²) in [5.41, 5.74) is 3.94. The van der Waals surface area contributed by atoms with Crippen molar-refractivity contribution in [2.24, 2.45) is 0 Å². The van der Waals surface area contributed by atoms with Crippen LogP contribution in [0.2, 0.25) is 0 Å². The molecule has 0 radical (unpaired) electrons. The van der Waals surface area contributed by atoms with Crippen LogP contribution in [-0.2, 0) is 6.42 Å². The number of benzene rings is 1. The number of aryl methyl sites for hydroxylation is 1. The Morgan fingerprint density at radius 1 is 1.33 bits per heavy atom. The molecule has 1 aliphatic heterocycles. The molecule has 3 nitrogen and oxygen atoms in total. The fourth-order valence-corrected chi connectivity index (χ4v) is 2.76. The molecule has 1 aromatic carbocycles. The van der Waals surface area contributed by atoms with E-state index >= 15 is 0 Å². The summed E-state index contributed by atoms with van der Waals surface area (Å²) in [6.45, 7) is 4.40. The minimum Gasteiger partial charge on any atom is -0.316 e. The standard InChI is InChI=1S/C15H19N3/c1-2-12-11-17-18(14-6-4-3-5-7-14)15(12)13-8-9-16-10-13/h3-7,11,13,16H,2,8-10H2,1H3. The van der Waals surface area contributed by atoms with Gasteiger partial charge in [0.05, 0.1) is 17.6 Å². The first-order valence-corrected chi connectivity index (χ1v) is 6.73. The summed E-state index contributed by atoms with van der Waals surface area (Å²) in [6, 6.07) is 10.4. The summed E-state index contributed by atoms with van der Waals surface area (Å²) in [5.74, 6) is 0.600. The first-order chi connectivity index (χ1) is 8.90. The predicted octanol–water partition coefficient (Wildman–Crippen LogP) is 2.51. The van der Waals surface area contributed by atoms with Gasteiger partial charge in [0, 0.05) is 12.5 Å². The molecule has 2 aromatic rings. The highest BCUT2D eigenvalue weighted by molar-refractivity contribution is 5.37. The fraction of sp³-hybridized carbons (Fsp3) is 0.400. The third-order valence-corrected chi connectivity index (χ3v) is 3.71. The van der Waals surface area contributed by atoms with Gasteiger partial charge in [0.1, 0.15) is 0 Å². The zero-order chi connectivity index (χ0) is 12.4. The molecule has 0 saturated carbocycles. The Bertz CT molecular complexity index is 510. The van der Waals surface area contributed by atoms with E-state index in [-0.39, 0.29) is 0 Å². The van der Waals surface area contributed by atoms with E-state index in [4.69, 9.17) is 0 Å². The minimum atomic E-state index is 0.600. The Kier molecular flexibility index (Phi) is 3.15. The summed E-state index contributed by atoms with van der Waals surface area (Å²) in [5, 5.41) is 8.04. The predicted molar refractivity (Wildman–Crippen MR) is 73.2 cm³/mol. The lowest BCUT2D eigenvalue weighted by atomic mass is 9.99. The average Bonchev–Trinajstić information content (AvgIpc) is 3.08. The van der Waals surface area contributed by atoms with Crippen molar-refractivity contribution in [3.63, 3.8) is 0 Å². The first-order valence-electron chi connectivity index (χ1n) is 6.73. The number of hydrogen-bond acceptors (Lipinski definition) is 2. The second-order valence-corrected chi connectivity index (χ2v) is 4.85. The largest absolute Gasteiger partial charge is 0.316 e. The quantitative estimate of drug-likeness (QED) is 0.895. The molecule has 3 heteroatoms. The van der Waals surface area contributed by atoms with Crippen molar-refractivity contribution >= 4 is 0 Å². The highest BCUT2D eigenvalue weighted by atomic mass is 15.3. The molecule has 3 rings (SSSR count). The van der Waals surface area contributed by atoms with Crippen molar-refractivity contribution in [2.45, 2.75) is 25.7 Å². The van der Waals surface area contributed by atoms with Gasteiger partial charge >= 0.3 is 0 Å². The molecule has 1 unspecified atom stereocenters. The van der Waals surface area contributed by atoms with Gasteiger partial charge in [-0.2, -0.15) is 5.10 Å². The van der Waals surface area contributed by atoms with Crippen LogP contribution in [0.25, 0.3) is 5.69 Å². The van der Waals surface area contributed by atoms with Crippen molar-refractivity contribution in [1.29, 1.82) is 0 Å². The number of hydrogen-bond donors (Lipinski definition) is 1. The van der Waals surface area contributed by atoms with E-state index in [9.17, 15) is 0 Å². The van der Waals surface area contributed by atoms with Gasteiger partial charge in [-0.1, -0.05) is 25.1 Å². The van der Waals surface area contributed by atoms with Gasteiger partial charge in [0.2, 0.25) is 0 Å². The van der Waals surface area contributed by atoms with Crippen LogP contribution >= 0.6 is 0 Å². The molecule has 18 heavy (non-hydrogen) atoms. The van der Waals surface area contributed by atoms with Gasteiger partial charge in [0.15, 0.2) is 0 Å². The highest BCUT2D eigenvalue weighted by Gasteiger charge is 2.24. The zero-order valence-electron chi connectivity index (χ0n) is 10.8. The van der Waals surface area contributed by atoms with Crippen LogP contribution in [0.4, 0.5) is 0 Å². The Balaban J connectivity index is 2.06. The molecule has 0 bridgehead atoms. The highest BCUT2D eigenvalue weighted by Crippen LogP contribution is 2.28. The third kappa shape index (κ3) is 1.95. The molecule has 2 heterocycles. The fourth-order valence-electron chi connectivity index (χ4n) is 2.76. The van der Waals surface area contributed by atoms with E-state index in [1.807, 2.05) is 12.3 Å². The van der Waals surface area contributed by atoms with Crippen molar-refractivity contribution in [3.8, 4) is 5.69 Å². The number of para-hydroxylation sites is 1. The van der Waals surface area contributed by atoms with Crippen LogP contribution in [0, 0.1) is 0 Å². The van der Waals surface area contributed by atoms with Gasteiger partial charge in [-0.3, -0.25) is 0 Å². The third-order valence-electron chi connectivity index (χ3n) is 3.71. The molecule has 1 aliphatic rings. The molecule has 1 saturated heterocycles. The summed E-state index contributed by atoms with van der Waals surface area (Å²) >= 11 is 0. The van der Waals surface area contributed by atoms with E-state index in [0.717, 1.165) is 19.5 Å². The number of nitrogens with one attached hydrogen (secondary N) is 1.